The van der Waals surface area contributed by atoms with Crippen LogP contribution in [0.1, 0.15) is 12.8 Å². The number of aliphatic hydroxyl groups excluding tert-OH is 2. The molecule has 0 saturated heterocycles. The van der Waals surface area contributed by atoms with Crippen molar-refractivity contribution < 1.29 is 10.2 Å². The van der Waals surface area contributed by atoms with Crippen LogP contribution in [0.5, 0.6) is 0 Å². The predicted octanol–water partition coefficient (Wildman–Crippen LogP) is 0.560. The molecule has 2 nitrogen and oxygen atoms in total. The molecule has 0 spiro atoms. The van der Waals surface area contributed by atoms with E-state index >= 15 is 0 Å². The summed E-state index contributed by atoms with van der Waals surface area (Å²) in [6.45, 7) is 0.122. The Kier molecular flexibility index (Phi) is 4.86. The fourth-order valence-electron chi connectivity index (χ4n) is 1.34. The summed E-state index contributed by atoms with van der Waals surface area (Å²) in [4.78, 5) is 0. The van der Waals surface area contributed by atoms with Crippen LogP contribution in [0.3, 0.4) is 0 Å². The maximum absolute atomic E-state index is 9.13. The van der Waals surface area contributed by atoms with Crippen molar-refractivity contribution >= 4 is 0 Å². The minimum Gasteiger partial charge on any atom is -0.396 e. The number of rotatable bonds is 2. The highest BCUT2D eigenvalue weighted by Gasteiger charge is 2.18. The van der Waals surface area contributed by atoms with Crippen LogP contribution >= 0.6 is 0 Å². The second-order valence-electron chi connectivity index (χ2n) is 3.27. The van der Waals surface area contributed by atoms with Crippen molar-refractivity contribution in [2.75, 3.05) is 13.2 Å². The largest absolute Gasteiger partial charge is 0.396 e. The first-order valence-corrected chi connectivity index (χ1v) is 4.72. The molecule has 0 aromatic carbocycles. The van der Waals surface area contributed by atoms with Crippen molar-refractivity contribution in [1.29, 1.82) is 0 Å². The van der Waals surface area contributed by atoms with Gasteiger partial charge in [-0.05, 0) is 24.0 Å². The summed E-state index contributed by atoms with van der Waals surface area (Å²) in [5.74, 6) is 11.6. The predicted molar refractivity (Wildman–Crippen MR) is 55.1 cm³/mol. The standard InChI is InChI=1S/C12H14O2/c13-9-11-7-5-3-1-2-4-6-8-12(11)10-14/h1-2,11-14H,7-10H2/b2-1+/t11-,12+. The molecule has 1 aliphatic carbocycles. The smallest absolute Gasteiger partial charge is 0.0472 e. The van der Waals surface area contributed by atoms with Crippen molar-refractivity contribution in [2.45, 2.75) is 12.8 Å². The molecule has 0 unspecified atom stereocenters. The highest BCUT2D eigenvalue weighted by atomic mass is 16.3. The molecule has 0 bridgehead atoms. The molecule has 2 heteroatoms. The molecular formula is C12H14O2. The summed E-state index contributed by atoms with van der Waals surface area (Å²) < 4.78 is 0. The number of aliphatic hydroxyl groups is 2. The zero-order valence-corrected chi connectivity index (χ0v) is 8.03. The van der Waals surface area contributed by atoms with E-state index in [-0.39, 0.29) is 25.0 Å². The van der Waals surface area contributed by atoms with E-state index in [1.807, 2.05) is 0 Å². The second kappa shape index (κ2) is 6.27. The van der Waals surface area contributed by atoms with E-state index in [0.717, 1.165) is 0 Å². The topological polar surface area (TPSA) is 40.5 Å². The van der Waals surface area contributed by atoms with E-state index in [1.165, 1.54) is 0 Å². The van der Waals surface area contributed by atoms with Crippen LogP contribution in [0, 0.1) is 35.5 Å². The summed E-state index contributed by atoms with van der Waals surface area (Å²) in [6.07, 6.45) is 4.66. The van der Waals surface area contributed by atoms with Gasteiger partial charge in [0.2, 0.25) is 0 Å². The third kappa shape index (κ3) is 3.26. The molecule has 1 rings (SSSR count). The molecule has 1 aliphatic rings. The van der Waals surface area contributed by atoms with Gasteiger partial charge >= 0.3 is 0 Å². The molecule has 0 aromatic rings. The Balaban J connectivity index is 2.74. The van der Waals surface area contributed by atoms with Crippen molar-refractivity contribution in [2.24, 2.45) is 11.8 Å². The third-order valence-electron chi connectivity index (χ3n) is 2.32. The van der Waals surface area contributed by atoms with Crippen molar-refractivity contribution in [1.82, 2.24) is 0 Å². The normalized spacial score (nSPS) is 27.9. The van der Waals surface area contributed by atoms with Gasteiger partial charge in [0.05, 0.1) is 0 Å². The minimum atomic E-state index is 0.0355. The molecular weight excluding hydrogens is 176 g/mol. The summed E-state index contributed by atoms with van der Waals surface area (Å²) in [5.41, 5.74) is 0. The maximum Gasteiger partial charge on any atom is 0.0472 e. The van der Waals surface area contributed by atoms with Gasteiger partial charge in [0.1, 0.15) is 0 Å². The van der Waals surface area contributed by atoms with Gasteiger partial charge in [-0.1, -0.05) is 23.7 Å². The minimum absolute atomic E-state index is 0.0355. The zero-order chi connectivity index (χ0) is 10.2. The molecule has 2 atom stereocenters. The van der Waals surface area contributed by atoms with Crippen LogP contribution in [-0.4, -0.2) is 23.4 Å². The third-order valence-corrected chi connectivity index (χ3v) is 2.32. The maximum atomic E-state index is 9.13. The van der Waals surface area contributed by atoms with Crippen molar-refractivity contribution in [3.05, 3.63) is 12.2 Å². The van der Waals surface area contributed by atoms with E-state index in [0.29, 0.717) is 12.8 Å². The van der Waals surface area contributed by atoms with Gasteiger partial charge in [-0.2, -0.15) is 0 Å². The van der Waals surface area contributed by atoms with Crippen LogP contribution in [0.4, 0.5) is 0 Å². The lowest BCUT2D eigenvalue weighted by atomic mass is 9.88. The van der Waals surface area contributed by atoms with Crippen LogP contribution < -0.4 is 0 Å². The Labute approximate surface area is 84.6 Å². The lowest BCUT2D eigenvalue weighted by Crippen LogP contribution is -2.21. The molecule has 0 aliphatic heterocycles. The van der Waals surface area contributed by atoms with Crippen LogP contribution in [0.25, 0.3) is 0 Å². The fraction of sp³-hybridized carbons (Fsp3) is 0.500. The molecule has 0 amide bonds. The fourth-order valence-corrected chi connectivity index (χ4v) is 1.34. The van der Waals surface area contributed by atoms with E-state index in [4.69, 9.17) is 10.2 Å². The second-order valence-corrected chi connectivity index (χ2v) is 3.27. The lowest BCUT2D eigenvalue weighted by molar-refractivity contribution is 0.125. The highest BCUT2D eigenvalue weighted by Crippen LogP contribution is 2.18. The zero-order valence-electron chi connectivity index (χ0n) is 8.03. The average molecular weight is 190 g/mol. The van der Waals surface area contributed by atoms with Gasteiger partial charge in [0, 0.05) is 26.1 Å². The van der Waals surface area contributed by atoms with Gasteiger partial charge in [-0.25, -0.2) is 0 Å². The Morgan fingerprint density at radius 2 is 1.36 bits per heavy atom. The van der Waals surface area contributed by atoms with E-state index in [2.05, 4.69) is 23.7 Å². The molecule has 2 N–H and O–H groups in total. The SMILES string of the molecule is OC[C@@H]1CC#C/C=C/C#CC[C@@H]1CO. The highest BCUT2D eigenvalue weighted by molar-refractivity contribution is 5.25. The molecule has 0 saturated carbocycles. The van der Waals surface area contributed by atoms with Crippen molar-refractivity contribution in [3.8, 4) is 23.7 Å². The quantitative estimate of drug-likeness (QED) is 0.625. The molecule has 74 valence electrons. The monoisotopic (exact) mass is 190 g/mol. The summed E-state index contributed by atoms with van der Waals surface area (Å²) >= 11 is 0. The molecule has 0 radical (unpaired) electrons. The van der Waals surface area contributed by atoms with Crippen LogP contribution in [-0.2, 0) is 0 Å². The van der Waals surface area contributed by atoms with E-state index in [9.17, 15) is 0 Å². The van der Waals surface area contributed by atoms with Crippen molar-refractivity contribution in [3.63, 3.8) is 0 Å². The van der Waals surface area contributed by atoms with Crippen LogP contribution in [0.15, 0.2) is 12.2 Å². The van der Waals surface area contributed by atoms with Gasteiger partial charge in [0.15, 0.2) is 0 Å². The summed E-state index contributed by atoms with van der Waals surface area (Å²) in [7, 11) is 0. The first-order valence-electron chi connectivity index (χ1n) is 4.72. The Hall–Kier alpha value is -1.22. The van der Waals surface area contributed by atoms with Gasteiger partial charge in [-0.15, -0.1) is 0 Å². The molecule has 0 heterocycles. The first kappa shape index (κ1) is 10.9. The van der Waals surface area contributed by atoms with Gasteiger partial charge in [0.25, 0.3) is 0 Å². The Morgan fingerprint density at radius 1 is 0.929 bits per heavy atom. The first-order chi connectivity index (χ1) is 6.88. The molecule has 0 fully saturated rings. The van der Waals surface area contributed by atoms with E-state index < -0.39 is 0 Å². The molecule has 14 heavy (non-hydrogen) atoms. The Morgan fingerprint density at radius 3 is 1.71 bits per heavy atom. The lowest BCUT2D eigenvalue weighted by Gasteiger charge is -2.19. The summed E-state index contributed by atoms with van der Waals surface area (Å²) in [6, 6.07) is 0. The summed E-state index contributed by atoms with van der Waals surface area (Å²) in [5, 5.41) is 18.3. The Bertz CT molecular complexity index is 277. The number of allylic oxidation sites excluding steroid dienone is 2. The van der Waals surface area contributed by atoms with Gasteiger partial charge < -0.3 is 10.2 Å². The van der Waals surface area contributed by atoms with E-state index in [1.54, 1.807) is 12.2 Å². The molecule has 0 aromatic heterocycles. The average Bonchev–Trinajstić information content (AvgIpc) is 2.24. The number of hydrogen-bond donors (Lipinski definition) is 2. The van der Waals surface area contributed by atoms with Crippen LogP contribution in [0.2, 0.25) is 0 Å². The number of hydrogen-bond acceptors (Lipinski definition) is 2. The van der Waals surface area contributed by atoms with Gasteiger partial charge in [-0.3, -0.25) is 0 Å².